The van der Waals surface area contributed by atoms with Gasteiger partial charge in [-0.05, 0) is 68.6 Å². The first kappa shape index (κ1) is 9.70. The lowest BCUT2D eigenvalue weighted by molar-refractivity contribution is -0.0492. The molecule has 0 spiro atoms. The standard InChI is InChI=1S/C15H22O/c1-8(2)16-13-7-11-6-12(13)15-10-4-3-9(5-10)14(11)15/h3-4,8-15H,5-7H2,1-2H3. The van der Waals surface area contributed by atoms with Crippen LogP contribution >= 0.6 is 0 Å². The van der Waals surface area contributed by atoms with Crippen LogP contribution in [0, 0.1) is 35.5 Å². The molecule has 1 nitrogen and oxygen atoms in total. The van der Waals surface area contributed by atoms with E-state index in [2.05, 4.69) is 26.0 Å². The van der Waals surface area contributed by atoms with Crippen LogP contribution < -0.4 is 0 Å². The topological polar surface area (TPSA) is 9.23 Å². The summed E-state index contributed by atoms with van der Waals surface area (Å²) in [4.78, 5) is 0. The Kier molecular flexibility index (Phi) is 1.90. The van der Waals surface area contributed by atoms with E-state index in [0.29, 0.717) is 12.2 Å². The Morgan fingerprint density at radius 2 is 1.75 bits per heavy atom. The number of ether oxygens (including phenoxy) is 1. The average Bonchev–Trinajstić information content (AvgIpc) is 2.93. The van der Waals surface area contributed by atoms with Crippen molar-refractivity contribution >= 4 is 0 Å². The van der Waals surface area contributed by atoms with E-state index in [-0.39, 0.29) is 0 Å². The Labute approximate surface area is 98.2 Å². The van der Waals surface area contributed by atoms with Crippen LogP contribution in [0.4, 0.5) is 0 Å². The maximum absolute atomic E-state index is 6.14. The molecular weight excluding hydrogens is 196 g/mol. The molecule has 3 saturated carbocycles. The van der Waals surface area contributed by atoms with Gasteiger partial charge in [-0.15, -0.1) is 0 Å². The lowest BCUT2D eigenvalue weighted by Crippen LogP contribution is -2.36. The quantitative estimate of drug-likeness (QED) is 0.510. The largest absolute Gasteiger partial charge is 0.375 e. The summed E-state index contributed by atoms with van der Waals surface area (Å²) in [5, 5.41) is 0. The van der Waals surface area contributed by atoms with Gasteiger partial charge in [0.05, 0.1) is 12.2 Å². The van der Waals surface area contributed by atoms with Gasteiger partial charge < -0.3 is 4.74 Å². The van der Waals surface area contributed by atoms with Crippen LogP contribution in [0.1, 0.15) is 33.1 Å². The smallest absolute Gasteiger partial charge is 0.0612 e. The van der Waals surface area contributed by atoms with Crippen molar-refractivity contribution in [3.63, 3.8) is 0 Å². The Hall–Kier alpha value is -0.300. The van der Waals surface area contributed by atoms with E-state index < -0.39 is 0 Å². The van der Waals surface area contributed by atoms with E-state index in [0.717, 1.165) is 35.5 Å². The first-order valence-corrected chi connectivity index (χ1v) is 7.08. The van der Waals surface area contributed by atoms with E-state index >= 15 is 0 Å². The molecule has 1 heteroatoms. The van der Waals surface area contributed by atoms with Crippen LogP contribution in [0.2, 0.25) is 0 Å². The molecule has 7 unspecified atom stereocenters. The second-order valence-corrected chi connectivity index (χ2v) is 6.72. The average molecular weight is 218 g/mol. The van der Waals surface area contributed by atoms with E-state index in [1.807, 2.05) is 0 Å². The van der Waals surface area contributed by atoms with Crippen molar-refractivity contribution in [2.45, 2.75) is 45.3 Å². The van der Waals surface area contributed by atoms with Gasteiger partial charge in [0, 0.05) is 0 Å². The summed E-state index contributed by atoms with van der Waals surface area (Å²) >= 11 is 0. The van der Waals surface area contributed by atoms with Crippen LogP contribution in [-0.2, 0) is 4.74 Å². The number of fused-ring (bicyclic) bond motifs is 9. The summed E-state index contributed by atoms with van der Waals surface area (Å²) in [5.74, 6) is 5.81. The summed E-state index contributed by atoms with van der Waals surface area (Å²) in [6, 6.07) is 0. The van der Waals surface area contributed by atoms with Crippen molar-refractivity contribution in [1.29, 1.82) is 0 Å². The van der Waals surface area contributed by atoms with Gasteiger partial charge >= 0.3 is 0 Å². The molecule has 0 saturated heterocycles. The number of rotatable bonds is 2. The molecule has 0 aliphatic heterocycles. The fraction of sp³-hybridized carbons (Fsp3) is 0.867. The molecule has 0 aromatic rings. The Balaban J connectivity index is 1.59. The normalized spacial score (nSPS) is 56.6. The van der Waals surface area contributed by atoms with E-state index in [1.54, 1.807) is 0 Å². The van der Waals surface area contributed by atoms with Crippen molar-refractivity contribution in [1.82, 2.24) is 0 Å². The second-order valence-electron chi connectivity index (χ2n) is 6.72. The van der Waals surface area contributed by atoms with Crippen molar-refractivity contribution in [2.75, 3.05) is 0 Å². The SMILES string of the molecule is CC(C)OC1CC2CC1C1C3C=CC(C3)C21. The molecule has 4 aliphatic carbocycles. The highest BCUT2D eigenvalue weighted by Gasteiger charge is 2.61. The highest BCUT2D eigenvalue weighted by molar-refractivity contribution is 5.21. The molecule has 7 atom stereocenters. The van der Waals surface area contributed by atoms with Gasteiger partial charge in [0.1, 0.15) is 0 Å². The molecule has 4 rings (SSSR count). The van der Waals surface area contributed by atoms with Crippen LogP contribution in [0.25, 0.3) is 0 Å². The fourth-order valence-electron chi connectivity index (χ4n) is 5.46. The van der Waals surface area contributed by atoms with Crippen molar-refractivity contribution in [2.24, 2.45) is 35.5 Å². The Bertz CT molecular complexity index is 332. The minimum Gasteiger partial charge on any atom is -0.375 e. The molecule has 0 aromatic heterocycles. The van der Waals surface area contributed by atoms with E-state index in [9.17, 15) is 0 Å². The second kappa shape index (κ2) is 3.13. The van der Waals surface area contributed by atoms with Crippen molar-refractivity contribution in [3.8, 4) is 0 Å². The predicted molar refractivity (Wildman–Crippen MR) is 63.9 cm³/mol. The van der Waals surface area contributed by atoms with Gasteiger partial charge in [0.2, 0.25) is 0 Å². The Morgan fingerprint density at radius 1 is 1.00 bits per heavy atom. The molecule has 3 fully saturated rings. The highest BCUT2D eigenvalue weighted by Crippen LogP contribution is 2.65. The fourth-order valence-corrected chi connectivity index (χ4v) is 5.46. The molecule has 88 valence electrons. The number of hydrogen-bond donors (Lipinski definition) is 0. The Morgan fingerprint density at radius 3 is 2.50 bits per heavy atom. The monoisotopic (exact) mass is 218 g/mol. The van der Waals surface area contributed by atoms with Crippen LogP contribution in [-0.4, -0.2) is 12.2 Å². The van der Waals surface area contributed by atoms with Crippen LogP contribution in [0.5, 0.6) is 0 Å². The maximum atomic E-state index is 6.14. The summed E-state index contributed by atoms with van der Waals surface area (Å²) in [6.45, 7) is 4.37. The zero-order chi connectivity index (χ0) is 10.9. The van der Waals surface area contributed by atoms with Gasteiger partial charge in [-0.2, -0.15) is 0 Å². The van der Waals surface area contributed by atoms with Gasteiger partial charge in [0.25, 0.3) is 0 Å². The lowest BCUT2D eigenvalue weighted by atomic mass is 9.72. The van der Waals surface area contributed by atoms with Crippen molar-refractivity contribution < 1.29 is 4.74 Å². The summed E-state index contributed by atoms with van der Waals surface area (Å²) in [6.07, 6.45) is 10.3. The number of hydrogen-bond acceptors (Lipinski definition) is 1. The van der Waals surface area contributed by atoms with Crippen LogP contribution in [0.15, 0.2) is 12.2 Å². The number of allylic oxidation sites excluding steroid dienone is 2. The molecular formula is C15H22O. The molecule has 16 heavy (non-hydrogen) atoms. The van der Waals surface area contributed by atoms with Gasteiger partial charge in [-0.3, -0.25) is 0 Å². The molecule has 0 N–H and O–H groups in total. The van der Waals surface area contributed by atoms with E-state index in [4.69, 9.17) is 4.74 Å². The minimum atomic E-state index is 0.414. The third-order valence-electron chi connectivity index (χ3n) is 5.66. The minimum absolute atomic E-state index is 0.414. The molecule has 0 amide bonds. The maximum Gasteiger partial charge on any atom is 0.0612 e. The molecule has 4 bridgehead atoms. The van der Waals surface area contributed by atoms with Gasteiger partial charge in [0.15, 0.2) is 0 Å². The zero-order valence-electron chi connectivity index (χ0n) is 10.3. The third-order valence-corrected chi connectivity index (χ3v) is 5.66. The molecule has 4 aliphatic rings. The first-order valence-electron chi connectivity index (χ1n) is 7.08. The zero-order valence-corrected chi connectivity index (χ0v) is 10.3. The van der Waals surface area contributed by atoms with E-state index in [1.165, 1.54) is 19.3 Å². The van der Waals surface area contributed by atoms with Crippen molar-refractivity contribution in [3.05, 3.63) is 12.2 Å². The van der Waals surface area contributed by atoms with Gasteiger partial charge in [-0.25, -0.2) is 0 Å². The predicted octanol–water partition coefficient (Wildman–Crippen LogP) is 3.26. The lowest BCUT2D eigenvalue weighted by Gasteiger charge is -2.37. The summed E-state index contributed by atoms with van der Waals surface area (Å²) in [7, 11) is 0. The van der Waals surface area contributed by atoms with Crippen LogP contribution in [0.3, 0.4) is 0 Å². The first-order chi connectivity index (χ1) is 7.74. The molecule has 0 aromatic carbocycles. The molecule has 0 heterocycles. The summed E-state index contributed by atoms with van der Waals surface area (Å²) in [5.41, 5.74) is 0. The third kappa shape index (κ3) is 1.11. The summed E-state index contributed by atoms with van der Waals surface area (Å²) < 4.78 is 6.14. The van der Waals surface area contributed by atoms with Gasteiger partial charge in [-0.1, -0.05) is 12.2 Å². The highest BCUT2D eigenvalue weighted by atomic mass is 16.5. The molecule has 0 radical (unpaired) electrons.